The molecule has 0 fully saturated rings. The summed E-state index contributed by atoms with van der Waals surface area (Å²) in [7, 11) is 0. The van der Waals surface area contributed by atoms with Crippen molar-refractivity contribution in [3.05, 3.63) is 34.7 Å². The summed E-state index contributed by atoms with van der Waals surface area (Å²) in [6.45, 7) is 11.7. The molecule has 8 heteroatoms. The van der Waals surface area contributed by atoms with Crippen LogP contribution in [0.25, 0.3) is 4.85 Å². The van der Waals surface area contributed by atoms with Crippen LogP contribution in [0.15, 0.2) is 24.3 Å². The van der Waals surface area contributed by atoms with Gasteiger partial charge in [-0.15, -0.1) is 23.2 Å². The summed E-state index contributed by atoms with van der Waals surface area (Å²) < 4.78 is 5.19. The Kier molecular flexibility index (Phi) is 9.40. The number of halogens is 2. The van der Waals surface area contributed by atoms with Crippen LogP contribution >= 0.6 is 23.2 Å². The highest BCUT2D eigenvalue weighted by Gasteiger charge is 2.31. The first-order chi connectivity index (χ1) is 12.7. The molecule has 148 valence electrons. The lowest BCUT2D eigenvalue weighted by molar-refractivity contribution is -0.116. The van der Waals surface area contributed by atoms with E-state index in [1.54, 1.807) is 20.8 Å². The molecule has 1 N–H and O–H groups in total. The van der Waals surface area contributed by atoms with Crippen LogP contribution in [-0.2, 0) is 16.0 Å². The molecule has 0 aliphatic rings. The van der Waals surface area contributed by atoms with Gasteiger partial charge in [-0.3, -0.25) is 0 Å². The molecule has 1 unspecified atom stereocenters. The molecule has 0 spiro atoms. The number of amides is 2. The molecule has 0 heterocycles. The van der Waals surface area contributed by atoms with Crippen LogP contribution in [-0.4, -0.2) is 48.5 Å². The third-order valence-electron chi connectivity index (χ3n) is 3.57. The Hall–Kier alpha value is -1.97. The van der Waals surface area contributed by atoms with Gasteiger partial charge in [-0.1, -0.05) is 12.1 Å². The Labute approximate surface area is 170 Å². The predicted molar refractivity (Wildman–Crippen MR) is 110 cm³/mol. The number of rotatable bonds is 9. The SMILES string of the molecule is C#[N+]C(=O)C(Cc1ccc(N(CCCl)CCCl)cc1)NC(=O)OC(C)(C)C. The van der Waals surface area contributed by atoms with E-state index in [1.165, 1.54) is 0 Å². The summed E-state index contributed by atoms with van der Waals surface area (Å²) in [4.78, 5) is 29.2. The molecule has 1 atom stereocenters. The minimum absolute atomic E-state index is 0.240. The lowest BCUT2D eigenvalue weighted by Crippen LogP contribution is -2.43. The quantitative estimate of drug-likeness (QED) is 0.622. The van der Waals surface area contributed by atoms with Gasteiger partial charge in [0, 0.05) is 41.8 Å². The van der Waals surface area contributed by atoms with Gasteiger partial charge >= 0.3 is 12.0 Å². The average Bonchev–Trinajstić information content (AvgIpc) is 2.59. The van der Waals surface area contributed by atoms with E-state index < -0.39 is 23.6 Å². The van der Waals surface area contributed by atoms with Crippen molar-refractivity contribution in [2.45, 2.75) is 38.8 Å². The zero-order chi connectivity index (χ0) is 20.4. The van der Waals surface area contributed by atoms with Gasteiger partial charge in [0.2, 0.25) is 0 Å². The van der Waals surface area contributed by atoms with E-state index >= 15 is 0 Å². The van der Waals surface area contributed by atoms with Crippen molar-refractivity contribution in [3.63, 3.8) is 0 Å². The maximum absolute atomic E-state index is 12.0. The van der Waals surface area contributed by atoms with Crippen LogP contribution in [0.3, 0.4) is 0 Å². The Morgan fingerprint density at radius 2 is 1.74 bits per heavy atom. The molecular weight excluding hydrogens is 389 g/mol. The third-order valence-corrected chi connectivity index (χ3v) is 3.90. The summed E-state index contributed by atoms with van der Waals surface area (Å²) in [5.41, 5.74) is 1.15. The molecule has 0 radical (unpaired) electrons. The first-order valence-corrected chi connectivity index (χ1v) is 9.67. The minimum Gasteiger partial charge on any atom is -0.444 e. The maximum Gasteiger partial charge on any atom is 0.537 e. The van der Waals surface area contributed by atoms with E-state index in [4.69, 9.17) is 34.5 Å². The molecule has 0 saturated carbocycles. The van der Waals surface area contributed by atoms with Crippen LogP contribution in [0.4, 0.5) is 10.5 Å². The zero-order valence-corrected chi connectivity index (χ0v) is 17.4. The van der Waals surface area contributed by atoms with E-state index in [9.17, 15) is 9.59 Å². The van der Waals surface area contributed by atoms with Crippen molar-refractivity contribution < 1.29 is 14.3 Å². The highest BCUT2D eigenvalue weighted by atomic mass is 35.5. The molecule has 0 saturated heterocycles. The van der Waals surface area contributed by atoms with Gasteiger partial charge in [0.05, 0.1) is 0 Å². The largest absolute Gasteiger partial charge is 0.537 e. The Balaban J connectivity index is 2.85. The van der Waals surface area contributed by atoms with E-state index in [2.05, 4.69) is 15.1 Å². The number of carbonyl (C=O) groups is 2. The van der Waals surface area contributed by atoms with Gasteiger partial charge in [-0.25, -0.2) is 4.79 Å². The molecule has 1 rings (SSSR count). The first kappa shape index (κ1) is 23.1. The van der Waals surface area contributed by atoms with Crippen molar-refractivity contribution in [2.24, 2.45) is 0 Å². The van der Waals surface area contributed by atoms with E-state index in [0.29, 0.717) is 24.8 Å². The van der Waals surface area contributed by atoms with Crippen molar-refractivity contribution >= 4 is 40.9 Å². The highest BCUT2D eigenvalue weighted by molar-refractivity contribution is 6.18. The van der Waals surface area contributed by atoms with Gasteiger partial charge in [0.25, 0.3) is 6.57 Å². The molecule has 0 aromatic heterocycles. The third kappa shape index (κ3) is 8.51. The van der Waals surface area contributed by atoms with Gasteiger partial charge in [0.15, 0.2) is 6.04 Å². The highest BCUT2D eigenvalue weighted by Crippen LogP contribution is 2.17. The fourth-order valence-electron chi connectivity index (χ4n) is 2.39. The maximum atomic E-state index is 12.0. The van der Waals surface area contributed by atoms with Crippen LogP contribution in [0.5, 0.6) is 0 Å². The van der Waals surface area contributed by atoms with Crippen LogP contribution in [0.2, 0.25) is 0 Å². The number of anilines is 1. The van der Waals surface area contributed by atoms with Crippen LogP contribution in [0, 0.1) is 6.57 Å². The Morgan fingerprint density at radius 3 is 2.19 bits per heavy atom. The smallest absolute Gasteiger partial charge is 0.444 e. The molecule has 1 aromatic carbocycles. The standard InChI is InChI=1S/C19H25Cl2N3O3/c1-19(2,3)27-18(26)23-16(17(25)22-4)13-14-5-7-15(8-6-14)24(11-9-20)12-10-21/h4-8,16H,9-13H2,1-3H3/p+1. The van der Waals surface area contributed by atoms with Crippen molar-refractivity contribution in [3.8, 4) is 6.57 Å². The number of alkyl carbamates (subject to hydrolysis) is 1. The monoisotopic (exact) mass is 414 g/mol. The summed E-state index contributed by atoms with van der Waals surface area (Å²) in [6, 6.07) is 6.68. The second-order valence-electron chi connectivity index (χ2n) is 6.90. The number of hydrogen-bond acceptors (Lipinski definition) is 4. The molecule has 0 aliphatic carbocycles. The minimum atomic E-state index is -0.905. The first-order valence-electron chi connectivity index (χ1n) is 8.60. The number of benzene rings is 1. The topological polar surface area (TPSA) is 63.0 Å². The summed E-state index contributed by atoms with van der Waals surface area (Å²) in [6.07, 6.45) is -0.458. The summed E-state index contributed by atoms with van der Waals surface area (Å²) in [5, 5.41) is 2.52. The van der Waals surface area contributed by atoms with Crippen LogP contribution < -0.4 is 10.2 Å². The second-order valence-corrected chi connectivity index (χ2v) is 7.66. The van der Waals surface area contributed by atoms with Crippen molar-refractivity contribution in [1.82, 2.24) is 5.32 Å². The number of nitrogens with zero attached hydrogens (tertiary/aromatic N) is 2. The number of ether oxygens (including phenoxy) is 1. The molecule has 6 nitrogen and oxygen atoms in total. The normalized spacial score (nSPS) is 12.0. The van der Waals surface area contributed by atoms with Gasteiger partial charge in [-0.05, 0) is 38.5 Å². The fourth-order valence-corrected chi connectivity index (χ4v) is 2.80. The fraction of sp³-hybridized carbons (Fsp3) is 0.526. The lowest BCUT2D eigenvalue weighted by atomic mass is 10.0. The second kappa shape index (κ2) is 11.0. The average molecular weight is 415 g/mol. The molecule has 0 bridgehead atoms. The molecule has 1 aromatic rings. The summed E-state index contributed by atoms with van der Waals surface area (Å²) >= 11 is 11.7. The molecular formula is C19H26Cl2N3O3+. The number of nitrogens with one attached hydrogen (secondary N) is 1. The lowest BCUT2D eigenvalue weighted by Gasteiger charge is -2.23. The Bertz CT molecular complexity index is 660. The van der Waals surface area contributed by atoms with E-state index in [-0.39, 0.29) is 6.42 Å². The van der Waals surface area contributed by atoms with Gasteiger partial charge < -0.3 is 15.0 Å². The Morgan fingerprint density at radius 1 is 1.19 bits per heavy atom. The molecule has 0 aliphatic heterocycles. The molecule has 2 amide bonds. The predicted octanol–water partition coefficient (Wildman–Crippen LogP) is 3.90. The summed E-state index contributed by atoms with van der Waals surface area (Å²) in [5.74, 6) is 0.357. The number of alkyl halides is 2. The molecule has 27 heavy (non-hydrogen) atoms. The van der Waals surface area contributed by atoms with Gasteiger partial charge in [0.1, 0.15) is 5.60 Å². The zero-order valence-electron chi connectivity index (χ0n) is 15.9. The number of carbonyl (C=O) groups excluding carboxylic acids is 2. The van der Waals surface area contributed by atoms with Crippen LogP contribution in [0.1, 0.15) is 26.3 Å². The van der Waals surface area contributed by atoms with E-state index in [1.807, 2.05) is 24.3 Å². The number of hydrogen-bond donors (Lipinski definition) is 1. The van der Waals surface area contributed by atoms with Crippen molar-refractivity contribution in [1.29, 1.82) is 0 Å². The van der Waals surface area contributed by atoms with Gasteiger partial charge in [-0.2, -0.15) is 4.79 Å². The van der Waals surface area contributed by atoms with Crippen molar-refractivity contribution in [2.75, 3.05) is 29.7 Å². The van der Waals surface area contributed by atoms with E-state index in [0.717, 1.165) is 11.3 Å².